The number of urea groups is 1. The molecule has 5 nitrogen and oxygen atoms in total. The molecule has 0 aliphatic heterocycles. The van der Waals surface area contributed by atoms with Crippen LogP contribution >= 0.6 is 15.9 Å². The fourth-order valence-electron chi connectivity index (χ4n) is 1.81. The lowest BCUT2D eigenvalue weighted by Gasteiger charge is -2.27. The van der Waals surface area contributed by atoms with E-state index >= 15 is 0 Å². The van der Waals surface area contributed by atoms with E-state index in [0.717, 1.165) is 10.0 Å². The Kier molecular flexibility index (Phi) is 6.51. The maximum Gasteiger partial charge on any atom is 0.320 e. The molecule has 0 aromatic heterocycles. The Morgan fingerprint density at radius 3 is 2.50 bits per heavy atom. The number of carbonyl (C=O) groups excluding carboxylic acids is 1. The molecule has 2 amide bonds. The maximum absolute atomic E-state index is 12.2. The normalized spacial score (nSPS) is 10.2. The standard InChI is InChI=1S/C14H19BrN2O3/c1-3-17(9-8-13(18)19)14(20)16(2)10-11-6-4-5-7-12(11)15/h4-7H,3,8-10H2,1-2H3,(H,18,19). The summed E-state index contributed by atoms with van der Waals surface area (Å²) in [7, 11) is 1.71. The van der Waals surface area contributed by atoms with Crippen LogP contribution in [0.4, 0.5) is 4.79 Å². The van der Waals surface area contributed by atoms with E-state index in [1.54, 1.807) is 11.9 Å². The lowest BCUT2D eigenvalue weighted by Crippen LogP contribution is -2.41. The molecule has 20 heavy (non-hydrogen) atoms. The van der Waals surface area contributed by atoms with Crippen LogP contribution in [-0.2, 0) is 11.3 Å². The molecule has 6 heteroatoms. The van der Waals surface area contributed by atoms with Gasteiger partial charge in [-0.1, -0.05) is 34.1 Å². The second-order valence-electron chi connectivity index (χ2n) is 4.45. The summed E-state index contributed by atoms with van der Waals surface area (Å²) in [6, 6.07) is 7.54. The molecule has 1 rings (SSSR count). The van der Waals surface area contributed by atoms with Crippen molar-refractivity contribution in [3.8, 4) is 0 Å². The fourth-order valence-corrected chi connectivity index (χ4v) is 2.22. The number of halogens is 1. The zero-order valence-electron chi connectivity index (χ0n) is 11.7. The third-order valence-corrected chi connectivity index (χ3v) is 3.71. The summed E-state index contributed by atoms with van der Waals surface area (Å²) in [4.78, 5) is 26.0. The average Bonchev–Trinajstić information content (AvgIpc) is 2.41. The van der Waals surface area contributed by atoms with Gasteiger partial charge in [-0.05, 0) is 18.6 Å². The van der Waals surface area contributed by atoms with Crippen molar-refractivity contribution < 1.29 is 14.7 Å². The van der Waals surface area contributed by atoms with E-state index in [0.29, 0.717) is 13.1 Å². The molecule has 0 heterocycles. The van der Waals surface area contributed by atoms with Gasteiger partial charge in [0, 0.05) is 31.2 Å². The van der Waals surface area contributed by atoms with Crippen molar-refractivity contribution in [2.45, 2.75) is 19.9 Å². The molecule has 0 spiro atoms. The van der Waals surface area contributed by atoms with Crippen LogP contribution in [0.1, 0.15) is 18.9 Å². The number of carboxylic acid groups (broad SMARTS) is 1. The van der Waals surface area contributed by atoms with Gasteiger partial charge in [-0.15, -0.1) is 0 Å². The molecule has 1 N–H and O–H groups in total. The molecule has 0 bridgehead atoms. The highest BCUT2D eigenvalue weighted by molar-refractivity contribution is 9.10. The van der Waals surface area contributed by atoms with Crippen molar-refractivity contribution in [3.05, 3.63) is 34.3 Å². The minimum atomic E-state index is -0.898. The summed E-state index contributed by atoms with van der Waals surface area (Å²) in [5.41, 5.74) is 1.01. The summed E-state index contributed by atoms with van der Waals surface area (Å²) in [5.74, 6) is -0.898. The van der Waals surface area contributed by atoms with E-state index in [2.05, 4.69) is 15.9 Å². The van der Waals surface area contributed by atoms with Gasteiger partial charge in [0.25, 0.3) is 0 Å². The van der Waals surface area contributed by atoms with E-state index in [9.17, 15) is 9.59 Å². The lowest BCUT2D eigenvalue weighted by atomic mass is 10.2. The van der Waals surface area contributed by atoms with Crippen LogP contribution in [0.2, 0.25) is 0 Å². The Balaban J connectivity index is 2.65. The van der Waals surface area contributed by atoms with Crippen molar-refractivity contribution in [2.24, 2.45) is 0 Å². The Labute approximate surface area is 127 Å². The summed E-state index contributed by atoms with van der Waals surface area (Å²) in [6.07, 6.45) is -0.0392. The highest BCUT2D eigenvalue weighted by atomic mass is 79.9. The predicted molar refractivity (Wildman–Crippen MR) is 80.5 cm³/mol. The first-order valence-corrected chi connectivity index (χ1v) is 7.20. The van der Waals surface area contributed by atoms with Crippen molar-refractivity contribution in [3.63, 3.8) is 0 Å². The summed E-state index contributed by atoms with van der Waals surface area (Å²) < 4.78 is 0.952. The first-order valence-electron chi connectivity index (χ1n) is 6.41. The number of nitrogens with zero attached hydrogens (tertiary/aromatic N) is 2. The second kappa shape index (κ2) is 7.89. The lowest BCUT2D eigenvalue weighted by molar-refractivity contribution is -0.137. The molecule has 0 radical (unpaired) electrons. The second-order valence-corrected chi connectivity index (χ2v) is 5.31. The molecule has 1 aromatic carbocycles. The Morgan fingerprint density at radius 2 is 1.95 bits per heavy atom. The van der Waals surface area contributed by atoms with Gasteiger partial charge in [0.05, 0.1) is 6.42 Å². The number of carbonyl (C=O) groups is 2. The molecule has 0 fully saturated rings. The molecule has 0 aliphatic carbocycles. The van der Waals surface area contributed by atoms with Crippen molar-refractivity contribution >= 4 is 27.9 Å². The first-order chi connectivity index (χ1) is 9.45. The van der Waals surface area contributed by atoms with Gasteiger partial charge in [0.15, 0.2) is 0 Å². The minimum Gasteiger partial charge on any atom is -0.481 e. The zero-order valence-corrected chi connectivity index (χ0v) is 13.3. The maximum atomic E-state index is 12.2. The average molecular weight is 343 g/mol. The summed E-state index contributed by atoms with van der Waals surface area (Å²) in [5, 5.41) is 8.69. The van der Waals surface area contributed by atoms with E-state index in [4.69, 9.17) is 5.11 Å². The molecule has 1 aromatic rings. The molecule has 110 valence electrons. The molecular weight excluding hydrogens is 324 g/mol. The highest BCUT2D eigenvalue weighted by Gasteiger charge is 2.18. The number of benzene rings is 1. The van der Waals surface area contributed by atoms with Crippen LogP contribution in [0.25, 0.3) is 0 Å². The molecule has 0 saturated heterocycles. The third kappa shape index (κ3) is 4.85. The van der Waals surface area contributed by atoms with Gasteiger partial charge >= 0.3 is 12.0 Å². The van der Waals surface area contributed by atoms with Gasteiger partial charge in [0.1, 0.15) is 0 Å². The molecule has 0 saturated carbocycles. The van der Waals surface area contributed by atoms with Crippen molar-refractivity contribution in [1.29, 1.82) is 0 Å². The quantitative estimate of drug-likeness (QED) is 0.864. The van der Waals surface area contributed by atoms with Gasteiger partial charge in [-0.25, -0.2) is 4.79 Å². The Hall–Kier alpha value is -1.56. The highest BCUT2D eigenvalue weighted by Crippen LogP contribution is 2.17. The van der Waals surface area contributed by atoms with E-state index in [1.807, 2.05) is 31.2 Å². The number of aliphatic carboxylic acids is 1. The first kappa shape index (κ1) is 16.5. The Morgan fingerprint density at radius 1 is 1.30 bits per heavy atom. The molecule has 0 unspecified atom stereocenters. The van der Waals surface area contributed by atoms with Crippen LogP contribution in [0.3, 0.4) is 0 Å². The van der Waals surface area contributed by atoms with Gasteiger partial charge < -0.3 is 14.9 Å². The van der Waals surface area contributed by atoms with E-state index < -0.39 is 5.97 Å². The number of rotatable bonds is 6. The summed E-state index contributed by atoms with van der Waals surface area (Å²) >= 11 is 3.45. The summed E-state index contributed by atoms with van der Waals surface area (Å²) in [6.45, 7) is 3.03. The minimum absolute atomic E-state index is 0.0392. The van der Waals surface area contributed by atoms with Crippen molar-refractivity contribution in [1.82, 2.24) is 9.80 Å². The van der Waals surface area contributed by atoms with Crippen LogP contribution in [0.5, 0.6) is 0 Å². The topological polar surface area (TPSA) is 60.9 Å². The largest absolute Gasteiger partial charge is 0.481 e. The van der Waals surface area contributed by atoms with Crippen LogP contribution in [0.15, 0.2) is 28.7 Å². The van der Waals surface area contributed by atoms with Crippen LogP contribution in [-0.4, -0.2) is 47.0 Å². The fraction of sp³-hybridized carbons (Fsp3) is 0.429. The molecule has 0 aliphatic rings. The number of carboxylic acids is 1. The van der Waals surface area contributed by atoms with Gasteiger partial charge in [0.2, 0.25) is 0 Å². The monoisotopic (exact) mass is 342 g/mol. The number of amides is 2. The zero-order chi connectivity index (χ0) is 15.1. The van der Waals surface area contributed by atoms with E-state index in [-0.39, 0.29) is 19.0 Å². The van der Waals surface area contributed by atoms with E-state index in [1.165, 1.54) is 4.90 Å². The predicted octanol–water partition coefficient (Wildman–Crippen LogP) is 2.80. The third-order valence-electron chi connectivity index (χ3n) is 2.94. The molecule has 0 atom stereocenters. The SMILES string of the molecule is CCN(CCC(=O)O)C(=O)N(C)Cc1ccccc1Br. The van der Waals surface area contributed by atoms with Crippen LogP contribution in [0, 0.1) is 0 Å². The van der Waals surface area contributed by atoms with Gasteiger partial charge in [-0.3, -0.25) is 4.79 Å². The Bertz CT molecular complexity index is 479. The van der Waals surface area contributed by atoms with Gasteiger partial charge in [-0.2, -0.15) is 0 Å². The number of hydrogen-bond donors (Lipinski definition) is 1. The number of hydrogen-bond acceptors (Lipinski definition) is 2. The smallest absolute Gasteiger partial charge is 0.320 e. The van der Waals surface area contributed by atoms with Crippen molar-refractivity contribution in [2.75, 3.05) is 20.1 Å². The van der Waals surface area contributed by atoms with Crippen LogP contribution < -0.4 is 0 Å². The molecular formula is C14H19BrN2O3.